The Bertz CT molecular complexity index is 258. The fourth-order valence-electron chi connectivity index (χ4n) is 1.31. The molecule has 1 aromatic rings. The second kappa shape index (κ2) is 2.40. The SMILES string of the molecule is Bc1cn(C)c(C(C)(C)C)n1. The maximum atomic E-state index is 4.44. The lowest BCUT2D eigenvalue weighted by molar-refractivity contribution is 0.523. The molecule has 0 amide bonds. The average Bonchev–Trinajstić information content (AvgIpc) is 2.08. The molecule has 0 bridgehead atoms. The predicted octanol–water partition coefficient (Wildman–Crippen LogP) is -0.0240. The van der Waals surface area contributed by atoms with Crippen LogP contribution in [-0.4, -0.2) is 17.4 Å². The molecule has 0 aliphatic heterocycles. The number of aromatic nitrogens is 2. The lowest BCUT2D eigenvalue weighted by Gasteiger charge is -2.17. The molecule has 2 nitrogen and oxygen atoms in total. The molecule has 0 saturated heterocycles. The summed E-state index contributed by atoms with van der Waals surface area (Å²) in [7, 11) is 4.07. The van der Waals surface area contributed by atoms with Gasteiger partial charge in [0.05, 0.1) is 0 Å². The molecular weight excluding hydrogens is 135 g/mol. The monoisotopic (exact) mass is 150 g/mol. The van der Waals surface area contributed by atoms with E-state index >= 15 is 0 Å². The minimum atomic E-state index is 0.156. The summed E-state index contributed by atoms with van der Waals surface area (Å²) in [6.45, 7) is 6.53. The fraction of sp³-hybridized carbons (Fsp3) is 0.625. The number of nitrogens with zero attached hydrogens (tertiary/aromatic N) is 2. The Kier molecular flexibility index (Phi) is 1.82. The Hall–Kier alpha value is -0.725. The smallest absolute Gasteiger partial charge is 0.166 e. The molecule has 0 radical (unpaired) electrons. The summed E-state index contributed by atoms with van der Waals surface area (Å²) in [4.78, 5) is 4.44. The molecular formula is C8H15BN2. The Morgan fingerprint density at radius 3 is 2.18 bits per heavy atom. The number of aryl methyl sites for hydroxylation is 1. The number of hydrogen-bond acceptors (Lipinski definition) is 1. The third kappa shape index (κ3) is 1.64. The van der Waals surface area contributed by atoms with E-state index in [1.165, 1.54) is 0 Å². The van der Waals surface area contributed by atoms with Crippen molar-refractivity contribution in [2.24, 2.45) is 7.05 Å². The van der Waals surface area contributed by atoms with Gasteiger partial charge in [-0.1, -0.05) is 20.8 Å². The van der Waals surface area contributed by atoms with E-state index in [4.69, 9.17) is 0 Å². The summed E-state index contributed by atoms with van der Waals surface area (Å²) < 4.78 is 2.09. The summed E-state index contributed by atoms with van der Waals surface area (Å²) >= 11 is 0. The molecule has 0 N–H and O–H groups in total. The minimum Gasteiger partial charge on any atom is -0.338 e. The van der Waals surface area contributed by atoms with Gasteiger partial charge in [-0.2, -0.15) is 0 Å². The van der Waals surface area contributed by atoms with Gasteiger partial charge in [0.2, 0.25) is 0 Å². The first-order valence-corrected chi connectivity index (χ1v) is 3.91. The van der Waals surface area contributed by atoms with Gasteiger partial charge in [0.25, 0.3) is 0 Å². The normalized spacial score (nSPS) is 12.0. The van der Waals surface area contributed by atoms with Crippen LogP contribution in [0.4, 0.5) is 0 Å². The van der Waals surface area contributed by atoms with E-state index in [0.717, 1.165) is 11.4 Å². The first-order chi connectivity index (χ1) is 4.91. The highest BCUT2D eigenvalue weighted by Gasteiger charge is 2.18. The van der Waals surface area contributed by atoms with Crippen LogP contribution in [0.3, 0.4) is 0 Å². The van der Waals surface area contributed by atoms with Crippen LogP contribution in [0.1, 0.15) is 26.6 Å². The molecule has 0 aliphatic carbocycles. The van der Waals surface area contributed by atoms with Crippen molar-refractivity contribution in [1.29, 1.82) is 0 Å². The van der Waals surface area contributed by atoms with Crippen LogP contribution in [0, 0.1) is 0 Å². The zero-order chi connectivity index (χ0) is 8.65. The molecule has 1 rings (SSSR count). The predicted molar refractivity (Wildman–Crippen MR) is 50.1 cm³/mol. The summed E-state index contributed by atoms with van der Waals surface area (Å²) in [6.07, 6.45) is 2.06. The highest BCUT2D eigenvalue weighted by molar-refractivity contribution is 6.30. The van der Waals surface area contributed by atoms with Crippen molar-refractivity contribution >= 4 is 13.4 Å². The van der Waals surface area contributed by atoms with E-state index in [2.05, 4.69) is 36.5 Å². The van der Waals surface area contributed by atoms with Crippen LogP contribution in [-0.2, 0) is 12.5 Å². The Labute approximate surface area is 69.0 Å². The van der Waals surface area contributed by atoms with E-state index in [-0.39, 0.29) is 5.41 Å². The molecule has 1 aromatic heterocycles. The topological polar surface area (TPSA) is 17.8 Å². The standard InChI is InChI=1S/C8H15BN2/c1-8(2,3)7-10-6(9)5-11(7)4/h5H,9H2,1-4H3. The second-order valence-electron chi connectivity index (χ2n) is 4.07. The highest BCUT2D eigenvalue weighted by Crippen LogP contribution is 2.17. The van der Waals surface area contributed by atoms with Crippen molar-refractivity contribution in [3.05, 3.63) is 12.0 Å². The van der Waals surface area contributed by atoms with Crippen LogP contribution in [0.2, 0.25) is 0 Å². The van der Waals surface area contributed by atoms with Crippen molar-refractivity contribution in [1.82, 2.24) is 9.55 Å². The molecule has 11 heavy (non-hydrogen) atoms. The maximum absolute atomic E-state index is 4.44. The summed E-state index contributed by atoms with van der Waals surface area (Å²) in [5.74, 6) is 1.15. The Balaban J connectivity index is 3.13. The van der Waals surface area contributed by atoms with Gasteiger partial charge in [0, 0.05) is 24.3 Å². The van der Waals surface area contributed by atoms with Crippen molar-refractivity contribution in [2.75, 3.05) is 0 Å². The van der Waals surface area contributed by atoms with Gasteiger partial charge in [0.1, 0.15) is 5.82 Å². The lowest BCUT2D eigenvalue weighted by atomic mass is 9.96. The number of hydrogen-bond donors (Lipinski definition) is 0. The van der Waals surface area contributed by atoms with Gasteiger partial charge in [0.15, 0.2) is 7.85 Å². The van der Waals surface area contributed by atoms with Crippen LogP contribution < -0.4 is 5.59 Å². The van der Waals surface area contributed by atoms with Crippen LogP contribution in [0.15, 0.2) is 6.20 Å². The summed E-state index contributed by atoms with van der Waals surface area (Å²) in [6, 6.07) is 0. The van der Waals surface area contributed by atoms with Gasteiger partial charge in [-0.3, -0.25) is 0 Å². The van der Waals surface area contributed by atoms with Gasteiger partial charge < -0.3 is 4.57 Å². The molecule has 0 aliphatic rings. The Morgan fingerprint density at radius 1 is 1.45 bits per heavy atom. The van der Waals surface area contributed by atoms with Crippen molar-refractivity contribution < 1.29 is 0 Å². The summed E-state index contributed by atoms with van der Waals surface area (Å²) in [5, 5.41) is 0. The third-order valence-corrected chi connectivity index (χ3v) is 1.67. The first-order valence-electron chi connectivity index (χ1n) is 3.91. The van der Waals surface area contributed by atoms with Crippen molar-refractivity contribution in [2.45, 2.75) is 26.2 Å². The zero-order valence-corrected chi connectivity index (χ0v) is 7.97. The average molecular weight is 150 g/mol. The van der Waals surface area contributed by atoms with Crippen molar-refractivity contribution in [3.63, 3.8) is 0 Å². The van der Waals surface area contributed by atoms with E-state index < -0.39 is 0 Å². The molecule has 1 heterocycles. The van der Waals surface area contributed by atoms with Crippen LogP contribution in [0.5, 0.6) is 0 Å². The largest absolute Gasteiger partial charge is 0.338 e. The molecule has 0 unspecified atom stereocenters. The van der Waals surface area contributed by atoms with Gasteiger partial charge in [-0.05, 0) is 0 Å². The first kappa shape index (κ1) is 8.37. The van der Waals surface area contributed by atoms with E-state index in [1.807, 2.05) is 14.9 Å². The van der Waals surface area contributed by atoms with Gasteiger partial charge in [-0.25, -0.2) is 4.98 Å². The quantitative estimate of drug-likeness (QED) is 0.475. The van der Waals surface area contributed by atoms with E-state index in [0.29, 0.717) is 0 Å². The van der Waals surface area contributed by atoms with Gasteiger partial charge >= 0.3 is 0 Å². The second-order valence-corrected chi connectivity index (χ2v) is 4.07. The lowest BCUT2D eigenvalue weighted by Crippen LogP contribution is -2.17. The minimum absolute atomic E-state index is 0.156. The molecule has 60 valence electrons. The molecule has 0 fully saturated rings. The molecule has 3 heteroatoms. The third-order valence-electron chi connectivity index (χ3n) is 1.67. The summed E-state index contributed by atoms with van der Waals surface area (Å²) in [5.41, 5.74) is 1.25. The molecule has 0 saturated carbocycles. The number of rotatable bonds is 0. The van der Waals surface area contributed by atoms with E-state index in [1.54, 1.807) is 0 Å². The fourth-order valence-corrected chi connectivity index (χ4v) is 1.31. The molecule has 0 spiro atoms. The van der Waals surface area contributed by atoms with E-state index in [9.17, 15) is 0 Å². The van der Waals surface area contributed by atoms with Gasteiger partial charge in [-0.15, -0.1) is 0 Å². The molecule has 0 atom stereocenters. The highest BCUT2D eigenvalue weighted by atomic mass is 15.1. The number of imidazole rings is 1. The van der Waals surface area contributed by atoms with Crippen molar-refractivity contribution in [3.8, 4) is 0 Å². The zero-order valence-electron chi connectivity index (χ0n) is 7.97. The van der Waals surface area contributed by atoms with Crippen LogP contribution in [0.25, 0.3) is 0 Å². The Morgan fingerprint density at radius 2 is 2.00 bits per heavy atom. The molecule has 0 aromatic carbocycles. The van der Waals surface area contributed by atoms with Crippen LogP contribution >= 0.6 is 0 Å². The maximum Gasteiger partial charge on any atom is 0.166 e.